The van der Waals surface area contributed by atoms with E-state index in [0.717, 1.165) is 0 Å². The zero-order chi connectivity index (χ0) is 14.5. The fraction of sp³-hybridized carbons (Fsp3) is 0.500. The lowest BCUT2D eigenvalue weighted by atomic mass is 10.2. The van der Waals surface area contributed by atoms with Crippen LogP contribution in [-0.2, 0) is 9.53 Å². The first-order valence-electron chi connectivity index (χ1n) is 6.29. The normalized spacial score (nSPS) is 18.6. The predicted molar refractivity (Wildman–Crippen MR) is 71.0 cm³/mol. The molecule has 0 aromatic carbocycles. The van der Waals surface area contributed by atoms with E-state index in [9.17, 15) is 9.59 Å². The molecule has 20 heavy (non-hydrogen) atoms. The van der Waals surface area contributed by atoms with Gasteiger partial charge in [0, 0.05) is 26.6 Å². The molecule has 0 aliphatic carbocycles. The molecule has 0 unspecified atom stereocenters. The van der Waals surface area contributed by atoms with Gasteiger partial charge in [-0.15, -0.1) is 0 Å². The maximum atomic E-state index is 11.3. The van der Waals surface area contributed by atoms with Crippen molar-refractivity contribution in [1.82, 2.24) is 14.9 Å². The minimum atomic E-state index is -0.627. The molecule has 0 spiro atoms. The number of carbonyl (C=O) groups excluding carboxylic acids is 2. The summed E-state index contributed by atoms with van der Waals surface area (Å²) in [6.07, 6.45) is 2.69. The van der Waals surface area contributed by atoms with Crippen LogP contribution in [0, 0.1) is 0 Å². The van der Waals surface area contributed by atoms with Crippen molar-refractivity contribution in [2.75, 3.05) is 31.6 Å². The maximum Gasteiger partial charge on any atom is 0.268 e. The number of nitrogens with one attached hydrogen (secondary N) is 1. The van der Waals surface area contributed by atoms with Gasteiger partial charge >= 0.3 is 0 Å². The van der Waals surface area contributed by atoms with Crippen LogP contribution < -0.4 is 11.1 Å². The fourth-order valence-corrected chi connectivity index (χ4v) is 1.92. The van der Waals surface area contributed by atoms with Gasteiger partial charge < -0.3 is 20.7 Å². The Morgan fingerprint density at radius 3 is 3.05 bits per heavy atom. The number of ether oxygens (including phenoxy) is 1. The number of aromatic nitrogens is 2. The van der Waals surface area contributed by atoms with Crippen LogP contribution in [0.3, 0.4) is 0 Å². The molecular formula is C12H17N5O3. The lowest BCUT2D eigenvalue weighted by molar-refractivity contribution is -0.135. The van der Waals surface area contributed by atoms with E-state index in [1.807, 2.05) is 0 Å². The number of primary amides is 1. The van der Waals surface area contributed by atoms with Crippen molar-refractivity contribution in [2.24, 2.45) is 5.73 Å². The summed E-state index contributed by atoms with van der Waals surface area (Å²) in [4.78, 5) is 32.0. The van der Waals surface area contributed by atoms with Crippen LogP contribution in [0.15, 0.2) is 12.4 Å². The van der Waals surface area contributed by atoms with Gasteiger partial charge in [0.2, 0.25) is 5.91 Å². The second-order valence-corrected chi connectivity index (χ2v) is 4.49. The molecular weight excluding hydrogens is 262 g/mol. The maximum absolute atomic E-state index is 11.3. The number of anilines is 1. The highest BCUT2D eigenvalue weighted by Crippen LogP contribution is 2.07. The van der Waals surface area contributed by atoms with E-state index in [4.69, 9.17) is 10.5 Å². The topological polar surface area (TPSA) is 110 Å². The Labute approximate surface area is 116 Å². The number of carbonyl (C=O) groups is 2. The molecule has 1 saturated heterocycles. The summed E-state index contributed by atoms with van der Waals surface area (Å²) in [7, 11) is 0. The lowest BCUT2D eigenvalue weighted by Crippen LogP contribution is -2.47. The molecule has 0 radical (unpaired) electrons. The lowest BCUT2D eigenvalue weighted by Gasteiger charge is -2.32. The standard InChI is InChI=1S/C12H17N5O3/c1-8(18)17-2-3-20-9(7-17)4-15-11-6-14-5-10(16-11)12(13)19/h5-6,9H,2-4,7H2,1H3,(H2,13,19)(H,15,16)/t9-/m1/s1. The number of rotatable bonds is 4. The van der Waals surface area contributed by atoms with Gasteiger partial charge in [-0.1, -0.05) is 0 Å². The summed E-state index contributed by atoms with van der Waals surface area (Å²) < 4.78 is 5.56. The number of morpholine rings is 1. The van der Waals surface area contributed by atoms with Gasteiger partial charge in [-0.25, -0.2) is 4.98 Å². The zero-order valence-corrected chi connectivity index (χ0v) is 11.2. The average Bonchev–Trinajstić information content (AvgIpc) is 2.45. The summed E-state index contributed by atoms with van der Waals surface area (Å²) in [5, 5.41) is 3.02. The van der Waals surface area contributed by atoms with Gasteiger partial charge in [-0.3, -0.25) is 14.6 Å². The molecule has 1 fully saturated rings. The van der Waals surface area contributed by atoms with Crippen LogP contribution in [0.2, 0.25) is 0 Å². The van der Waals surface area contributed by atoms with E-state index in [-0.39, 0.29) is 17.7 Å². The van der Waals surface area contributed by atoms with E-state index in [1.165, 1.54) is 19.3 Å². The number of amides is 2. The minimum absolute atomic E-state index is 0.0359. The highest BCUT2D eigenvalue weighted by Gasteiger charge is 2.21. The molecule has 1 aliphatic heterocycles. The van der Waals surface area contributed by atoms with E-state index >= 15 is 0 Å². The van der Waals surface area contributed by atoms with Crippen molar-refractivity contribution in [1.29, 1.82) is 0 Å². The molecule has 2 amide bonds. The van der Waals surface area contributed by atoms with Crippen LogP contribution >= 0.6 is 0 Å². The molecule has 1 atom stereocenters. The highest BCUT2D eigenvalue weighted by atomic mass is 16.5. The first-order valence-corrected chi connectivity index (χ1v) is 6.29. The minimum Gasteiger partial charge on any atom is -0.373 e. The fourth-order valence-electron chi connectivity index (χ4n) is 1.92. The Morgan fingerprint density at radius 1 is 1.55 bits per heavy atom. The third kappa shape index (κ3) is 3.64. The summed E-state index contributed by atoms with van der Waals surface area (Å²) in [6, 6.07) is 0. The summed E-state index contributed by atoms with van der Waals surface area (Å²) in [5.41, 5.74) is 5.24. The second kappa shape index (κ2) is 6.29. The van der Waals surface area contributed by atoms with Crippen LogP contribution in [-0.4, -0.2) is 59.0 Å². The van der Waals surface area contributed by atoms with Crippen molar-refractivity contribution >= 4 is 17.6 Å². The van der Waals surface area contributed by atoms with Crippen molar-refractivity contribution in [3.63, 3.8) is 0 Å². The largest absolute Gasteiger partial charge is 0.373 e. The molecule has 3 N–H and O–H groups in total. The van der Waals surface area contributed by atoms with Gasteiger partial charge in [0.1, 0.15) is 11.5 Å². The molecule has 0 saturated carbocycles. The predicted octanol–water partition coefficient (Wildman–Crippen LogP) is -0.765. The highest BCUT2D eigenvalue weighted by molar-refractivity contribution is 5.90. The van der Waals surface area contributed by atoms with Crippen LogP contribution in [0.25, 0.3) is 0 Å². The van der Waals surface area contributed by atoms with E-state index in [1.54, 1.807) is 4.90 Å². The van der Waals surface area contributed by atoms with Gasteiger partial charge in [0.05, 0.1) is 25.1 Å². The van der Waals surface area contributed by atoms with E-state index in [0.29, 0.717) is 32.1 Å². The quantitative estimate of drug-likeness (QED) is 0.749. The molecule has 1 aliphatic rings. The SMILES string of the molecule is CC(=O)N1CCO[C@H](CNc2cncc(C(N)=O)n2)C1. The first kappa shape index (κ1) is 14.2. The Balaban J connectivity index is 1.90. The monoisotopic (exact) mass is 279 g/mol. The molecule has 8 nitrogen and oxygen atoms in total. The van der Waals surface area contributed by atoms with Crippen molar-refractivity contribution in [2.45, 2.75) is 13.0 Å². The average molecular weight is 279 g/mol. The molecule has 0 bridgehead atoms. The molecule has 2 rings (SSSR count). The third-order valence-corrected chi connectivity index (χ3v) is 2.98. The Kier molecular flexibility index (Phi) is 4.46. The Morgan fingerprint density at radius 2 is 2.35 bits per heavy atom. The van der Waals surface area contributed by atoms with Gasteiger partial charge in [-0.05, 0) is 0 Å². The van der Waals surface area contributed by atoms with Crippen LogP contribution in [0.5, 0.6) is 0 Å². The number of nitrogens with zero attached hydrogens (tertiary/aromatic N) is 3. The summed E-state index contributed by atoms with van der Waals surface area (Å²) in [5.74, 6) is -0.142. The summed E-state index contributed by atoms with van der Waals surface area (Å²) >= 11 is 0. The van der Waals surface area contributed by atoms with Gasteiger partial charge in [0.25, 0.3) is 5.91 Å². The van der Waals surface area contributed by atoms with Crippen LogP contribution in [0.1, 0.15) is 17.4 Å². The molecule has 108 valence electrons. The third-order valence-electron chi connectivity index (χ3n) is 2.98. The molecule has 1 aromatic rings. The van der Waals surface area contributed by atoms with Crippen molar-refractivity contribution in [3.05, 3.63) is 18.1 Å². The Bertz CT molecular complexity index is 508. The number of nitrogens with two attached hydrogens (primary N) is 1. The first-order chi connectivity index (χ1) is 9.56. The Hall–Kier alpha value is -2.22. The van der Waals surface area contributed by atoms with Crippen LogP contribution in [0.4, 0.5) is 5.82 Å². The number of hydrogen-bond donors (Lipinski definition) is 2. The second-order valence-electron chi connectivity index (χ2n) is 4.49. The zero-order valence-electron chi connectivity index (χ0n) is 11.2. The van der Waals surface area contributed by atoms with E-state index in [2.05, 4.69) is 15.3 Å². The smallest absolute Gasteiger partial charge is 0.268 e. The summed E-state index contributed by atoms with van der Waals surface area (Å²) in [6.45, 7) is 3.67. The molecule has 8 heteroatoms. The number of hydrogen-bond acceptors (Lipinski definition) is 6. The van der Waals surface area contributed by atoms with Crippen molar-refractivity contribution in [3.8, 4) is 0 Å². The molecule has 1 aromatic heterocycles. The van der Waals surface area contributed by atoms with Crippen molar-refractivity contribution < 1.29 is 14.3 Å². The van der Waals surface area contributed by atoms with Gasteiger partial charge in [0.15, 0.2) is 0 Å². The van der Waals surface area contributed by atoms with E-state index < -0.39 is 5.91 Å². The molecule has 2 heterocycles. The van der Waals surface area contributed by atoms with Gasteiger partial charge in [-0.2, -0.15) is 0 Å².